The third-order valence-electron chi connectivity index (χ3n) is 4.76. The number of likely N-dealkylation sites (N-methyl/N-ethyl adjacent to an activating group) is 1. The molecule has 2 fully saturated rings. The zero-order valence-electron chi connectivity index (χ0n) is 12.9. The first-order valence-corrected chi connectivity index (χ1v) is 7.88. The van der Waals surface area contributed by atoms with Gasteiger partial charge in [0.2, 0.25) is 0 Å². The molecule has 2 aliphatic rings. The maximum atomic E-state index is 11.2. The molecule has 0 spiro atoms. The van der Waals surface area contributed by atoms with Crippen molar-refractivity contribution >= 4 is 0 Å². The van der Waals surface area contributed by atoms with Gasteiger partial charge in [0.05, 0.1) is 25.4 Å². The quantitative estimate of drug-likeness (QED) is 0.923. The summed E-state index contributed by atoms with van der Waals surface area (Å²) in [5.41, 5.74) is 0.207. The van der Waals surface area contributed by atoms with E-state index in [9.17, 15) is 5.11 Å². The molecule has 0 aromatic heterocycles. The number of morpholine rings is 1. The summed E-state index contributed by atoms with van der Waals surface area (Å²) in [5, 5.41) is 11.2. The Morgan fingerprint density at radius 3 is 2.71 bits per heavy atom. The summed E-state index contributed by atoms with van der Waals surface area (Å²) >= 11 is 0. The van der Waals surface area contributed by atoms with E-state index >= 15 is 0 Å². The maximum absolute atomic E-state index is 11.2. The lowest BCUT2D eigenvalue weighted by atomic mass is 9.77. The molecule has 4 heteroatoms. The minimum absolute atomic E-state index is 0.294. The average Bonchev–Trinajstić information content (AvgIpc) is 2.47. The van der Waals surface area contributed by atoms with E-state index < -0.39 is 5.60 Å². The van der Waals surface area contributed by atoms with Gasteiger partial charge in [-0.3, -0.25) is 4.90 Å². The molecule has 2 bridgehead atoms. The van der Waals surface area contributed by atoms with E-state index in [0.717, 1.165) is 30.6 Å². The van der Waals surface area contributed by atoms with Gasteiger partial charge in [-0.2, -0.15) is 0 Å². The van der Waals surface area contributed by atoms with Crippen LogP contribution < -0.4 is 4.74 Å². The Kier molecular flexibility index (Phi) is 4.20. The molecule has 21 heavy (non-hydrogen) atoms. The van der Waals surface area contributed by atoms with Gasteiger partial charge in [-0.05, 0) is 44.0 Å². The fourth-order valence-corrected chi connectivity index (χ4v) is 3.47. The second-order valence-electron chi connectivity index (χ2n) is 6.33. The number of piperidine rings is 1. The normalized spacial score (nSPS) is 32.9. The summed E-state index contributed by atoms with van der Waals surface area (Å²) in [7, 11) is 2.14. The van der Waals surface area contributed by atoms with Crippen molar-refractivity contribution in [3.05, 3.63) is 29.8 Å². The zero-order chi connectivity index (χ0) is 14.9. The molecule has 2 heterocycles. The first-order chi connectivity index (χ1) is 10.1. The van der Waals surface area contributed by atoms with Crippen molar-refractivity contribution in [3.8, 4) is 5.75 Å². The van der Waals surface area contributed by atoms with E-state index in [1.165, 1.54) is 0 Å². The number of rotatable bonds is 4. The Labute approximate surface area is 126 Å². The van der Waals surface area contributed by atoms with Crippen LogP contribution in [0.4, 0.5) is 0 Å². The van der Waals surface area contributed by atoms with Crippen molar-refractivity contribution in [2.45, 2.75) is 43.9 Å². The summed E-state index contributed by atoms with van der Waals surface area (Å²) in [6.07, 6.45) is 2.43. The van der Waals surface area contributed by atoms with Crippen LogP contribution in [0.25, 0.3) is 0 Å². The van der Waals surface area contributed by atoms with Gasteiger partial charge in [-0.15, -0.1) is 0 Å². The van der Waals surface area contributed by atoms with Gasteiger partial charge in [-0.1, -0.05) is 19.1 Å². The summed E-state index contributed by atoms with van der Waals surface area (Å²) < 4.78 is 11.3. The van der Waals surface area contributed by atoms with Crippen LogP contribution in [0.3, 0.4) is 0 Å². The van der Waals surface area contributed by atoms with E-state index in [-0.39, 0.29) is 0 Å². The van der Waals surface area contributed by atoms with Gasteiger partial charge in [0.15, 0.2) is 0 Å². The smallest absolute Gasteiger partial charge is 0.119 e. The van der Waals surface area contributed by atoms with Crippen LogP contribution in [0.15, 0.2) is 24.3 Å². The van der Waals surface area contributed by atoms with Crippen LogP contribution in [-0.2, 0) is 10.3 Å². The van der Waals surface area contributed by atoms with Gasteiger partial charge in [-0.25, -0.2) is 0 Å². The molecule has 0 radical (unpaired) electrons. The van der Waals surface area contributed by atoms with Crippen molar-refractivity contribution in [3.63, 3.8) is 0 Å². The zero-order valence-corrected chi connectivity index (χ0v) is 12.9. The Hall–Kier alpha value is -1.10. The Bertz CT molecular complexity index is 477. The predicted molar refractivity (Wildman–Crippen MR) is 81.5 cm³/mol. The van der Waals surface area contributed by atoms with E-state index in [4.69, 9.17) is 9.47 Å². The van der Waals surface area contributed by atoms with Gasteiger partial charge in [0.1, 0.15) is 5.75 Å². The Morgan fingerprint density at radius 2 is 2.05 bits per heavy atom. The fourth-order valence-electron chi connectivity index (χ4n) is 3.47. The third-order valence-corrected chi connectivity index (χ3v) is 4.76. The molecule has 116 valence electrons. The highest BCUT2D eigenvalue weighted by Gasteiger charge is 2.45. The minimum Gasteiger partial charge on any atom is -0.494 e. The molecule has 2 atom stereocenters. The minimum atomic E-state index is -0.767. The van der Waals surface area contributed by atoms with Gasteiger partial charge in [0, 0.05) is 12.1 Å². The molecule has 0 saturated carbocycles. The number of fused-ring (bicyclic) bond motifs is 2. The van der Waals surface area contributed by atoms with E-state index in [0.29, 0.717) is 31.9 Å². The second kappa shape index (κ2) is 5.95. The average molecular weight is 291 g/mol. The summed E-state index contributed by atoms with van der Waals surface area (Å²) in [5.74, 6) is 0.850. The lowest BCUT2D eigenvalue weighted by Crippen LogP contribution is -2.59. The van der Waals surface area contributed by atoms with Crippen LogP contribution in [0.1, 0.15) is 31.7 Å². The highest BCUT2D eigenvalue weighted by molar-refractivity contribution is 5.33. The third kappa shape index (κ3) is 2.93. The Balaban J connectivity index is 1.82. The predicted octanol–water partition coefficient (Wildman–Crippen LogP) is 2.16. The molecule has 0 amide bonds. The van der Waals surface area contributed by atoms with Crippen LogP contribution in [-0.4, -0.2) is 49.0 Å². The van der Waals surface area contributed by atoms with Gasteiger partial charge in [0.25, 0.3) is 0 Å². The molecule has 2 saturated heterocycles. The number of aliphatic hydroxyl groups is 1. The number of nitrogens with zero attached hydrogens (tertiary/aromatic N) is 1. The molecule has 3 rings (SSSR count). The fraction of sp³-hybridized carbons (Fsp3) is 0.647. The largest absolute Gasteiger partial charge is 0.494 e. The number of hydrogen-bond acceptors (Lipinski definition) is 4. The number of benzene rings is 1. The monoisotopic (exact) mass is 291 g/mol. The number of ether oxygens (including phenoxy) is 2. The van der Waals surface area contributed by atoms with Crippen LogP contribution in [0, 0.1) is 0 Å². The molecule has 2 aliphatic heterocycles. The summed E-state index contributed by atoms with van der Waals surface area (Å²) in [6.45, 7) is 4.22. The summed E-state index contributed by atoms with van der Waals surface area (Å²) in [4.78, 5) is 2.36. The van der Waals surface area contributed by atoms with Gasteiger partial charge >= 0.3 is 0 Å². The van der Waals surface area contributed by atoms with E-state index in [2.05, 4.69) is 18.9 Å². The highest BCUT2D eigenvalue weighted by Crippen LogP contribution is 2.41. The van der Waals surface area contributed by atoms with Crippen molar-refractivity contribution in [2.75, 3.05) is 26.9 Å². The summed E-state index contributed by atoms with van der Waals surface area (Å²) in [6, 6.07) is 8.54. The lowest BCUT2D eigenvalue weighted by molar-refractivity contribution is -0.137. The standard InChI is InChI=1S/C17H25NO3/c1-3-7-21-16-6-4-5-13(8-16)17(19)9-14-11-20-12-15(10-17)18(14)2/h4-6,8,14-15,19H,3,7,9-12H2,1-2H3. The van der Waals surface area contributed by atoms with Crippen molar-refractivity contribution in [1.82, 2.24) is 4.90 Å². The van der Waals surface area contributed by atoms with E-state index in [1.54, 1.807) is 0 Å². The van der Waals surface area contributed by atoms with Crippen molar-refractivity contribution in [2.24, 2.45) is 0 Å². The van der Waals surface area contributed by atoms with Crippen LogP contribution in [0.5, 0.6) is 5.75 Å². The van der Waals surface area contributed by atoms with Crippen LogP contribution in [0.2, 0.25) is 0 Å². The number of hydrogen-bond donors (Lipinski definition) is 1. The first-order valence-electron chi connectivity index (χ1n) is 7.88. The molecule has 0 aliphatic carbocycles. The molecular formula is C17H25NO3. The molecule has 1 N–H and O–H groups in total. The second-order valence-corrected chi connectivity index (χ2v) is 6.33. The molecular weight excluding hydrogens is 266 g/mol. The van der Waals surface area contributed by atoms with E-state index in [1.807, 2.05) is 24.3 Å². The van der Waals surface area contributed by atoms with Crippen LogP contribution >= 0.6 is 0 Å². The molecule has 1 aromatic rings. The SMILES string of the molecule is CCCOc1cccc(C2(O)CC3COCC(C2)N3C)c1. The first kappa shape index (κ1) is 14.8. The highest BCUT2D eigenvalue weighted by atomic mass is 16.5. The topological polar surface area (TPSA) is 41.9 Å². The molecule has 2 unspecified atom stereocenters. The molecule has 4 nitrogen and oxygen atoms in total. The lowest BCUT2D eigenvalue weighted by Gasteiger charge is -2.50. The van der Waals surface area contributed by atoms with Crippen molar-refractivity contribution < 1.29 is 14.6 Å². The molecule has 1 aromatic carbocycles. The maximum Gasteiger partial charge on any atom is 0.119 e. The van der Waals surface area contributed by atoms with Gasteiger partial charge < -0.3 is 14.6 Å². The Morgan fingerprint density at radius 1 is 1.33 bits per heavy atom. The van der Waals surface area contributed by atoms with Crippen molar-refractivity contribution in [1.29, 1.82) is 0 Å².